The van der Waals surface area contributed by atoms with Crippen molar-refractivity contribution in [2.45, 2.75) is 44.4 Å². The molecule has 0 bridgehead atoms. The molecule has 0 aliphatic rings. The van der Waals surface area contributed by atoms with Crippen LogP contribution in [0.15, 0.2) is 0 Å². The van der Waals surface area contributed by atoms with Crippen molar-refractivity contribution in [2.75, 3.05) is 13.7 Å². The van der Waals surface area contributed by atoms with Crippen LogP contribution in [0.4, 0.5) is 0 Å². The van der Waals surface area contributed by atoms with E-state index in [2.05, 4.69) is 34.5 Å². The molecular weight excluding hydrogens is 283 g/mol. The van der Waals surface area contributed by atoms with Crippen LogP contribution in [0.2, 0.25) is 44.4 Å². The van der Waals surface area contributed by atoms with Crippen molar-refractivity contribution >= 4 is 26.5 Å². The van der Waals surface area contributed by atoms with E-state index in [1.54, 1.807) is 0 Å². The summed E-state index contributed by atoms with van der Waals surface area (Å²) < 4.78 is 6.27. The quantitative estimate of drug-likeness (QED) is 0.704. The standard InChI is InChI=1S/C7H17OSi.3CH3.Sn/c1-8-6-5-7-9(2,3)4;;;;/h5H,6-7H2,1-4H3;3*1H3;. The van der Waals surface area contributed by atoms with E-state index in [1.807, 2.05) is 7.11 Å². The van der Waals surface area contributed by atoms with Gasteiger partial charge in [0, 0.05) is 0 Å². The summed E-state index contributed by atoms with van der Waals surface area (Å²) in [5.74, 6) is 0. The Morgan fingerprint density at radius 3 is 1.85 bits per heavy atom. The van der Waals surface area contributed by atoms with Gasteiger partial charge in [-0.3, -0.25) is 0 Å². The number of hydrogen-bond acceptors (Lipinski definition) is 1. The first-order valence-electron chi connectivity index (χ1n) is 5.16. The Kier molecular flexibility index (Phi) is 5.56. The van der Waals surface area contributed by atoms with Gasteiger partial charge in [-0.15, -0.1) is 0 Å². The third-order valence-electron chi connectivity index (χ3n) is 2.45. The molecule has 0 N–H and O–H groups in total. The van der Waals surface area contributed by atoms with E-state index in [0.717, 1.165) is 10.5 Å². The summed E-state index contributed by atoms with van der Waals surface area (Å²) in [5.41, 5.74) is 0. The van der Waals surface area contributed by atoms with Crippen LogP contribution < -0.4 is 0 Å². The minimum atomic E-state index is -1.72. The van der Waals surface area contributed by atoms with Gasteiger partial charge in [-0.2, -0.15) is 0 Å². The fourth-order valence-corrected chi connectivity index (χ4v) is 16.2. The Morgan fingerprint density at radius 1 is 1.15 bits per heavy atom. The van der Waals surface area contributed by atoms with Gasteiger partial charge in [-0.1, -0.05) is 0 Å². The molecule has 0 aromatic carbocycles. The van der Waals surface area contributed by atoms with Crippen molar-refractivity contribution in [2.24, 2.45) is 0 Å². The maximum atomic E-state index is 5.35. The summed E-state index contributed by atoms with van der Waals surface area (Å²) in [6.07, 6.45) is 0. The first kappa shape index (κ1) is 14.0. The summed E-state index contributed by atoms with van der Waals surface area (Å²) >= 11 is -1.72. The van der Waals surface area contributed by atoms with Crippen molar-refractivity contribution in [3.63, 3.8) is 0 Å². The molecule has 0 amide bonds. The van der Waals surface area contributed by atoms with E-state index in [-0.39, 0.29) is 0 Å². The molecule has 0 aromatic heterocycles. The van der Waals surface area contributed by atoms with Crippen molar-refractivity contribution in [1.29, 1.82) is 0 Å². The van der Waals surface area contributed by atoms with Gasteiger partial charge in [0.05, 0.1) is 0 Å². The van der Waals surface area contributed by atoms with Crippen LogP contribution in [0, 0.1) is 0 Å². The average Bonchev–Trinajstić information content (AvgIpc) is 1.81. The predicted molar refractivity (Wildman–Crippen MR) is 67.1 cm³/mol. The molecule has 3 heteroatoms. The van der Waals surface area contributed by atoms with E-state index in [1.165, 1.54) is 6.04 Å². The zero-order valence-corrected chi connectivity index (χ0v) is 14.3. The van der Waals surface area contributed by atoms with Crippen LogP contribution in [0.3, 0.4) is 0 Å². The van der Waals surface area contributed by atoms with Gasteiger partial charge >= 0.3 is 89.3 Å². The normalized spacial score (nSPS) is 15.9. The number of hydrogen-bond donors (Lipinski definition) is 0. The summed E-state index contributed by atoms with van der Waals surface area (Å²) in [6.45, 7) is 8.40. The van der Waals surface area contributed by atoms with E-state index < -0.39 is 26.5 Å². The third kappa shape index (κ3) is 6.97. The maximum absolute atomic E-state index is 5.35. The van der Waals surface area contributed by atoms with Crippen molar-refractivity contribution in [3.05, 3.63) is 0 Å². The molecule has 0 aliphatic carbocycles. The van der Waals surface area contributed by atoms with Gasteiger partial charge in [-0.25, -0.2) is 0 Å². The first-order valence-corrected chi connectivity index (χ1v) is 19.1. The Morgan fingerprint density at radius 2 is 1.62 bits per heavy atom. The molecule has 80 valence electrons. The molecule has 0 radical (unpaired) electrons. The molecule has 0 aromatic rings. The third-order valence-corrected chi connectivity index (χ3v) is 13.4. The summed E-state index contributed by atoms with van der Waals surface area (Å²) in [6, 6.07) is 1.46. The first-order chi connectivity index (χ1) is 5.67. The summed E-state index contributed by atoms with van der Waals surface area (Å²) in [5, 5.41) is 0. The monoisotopic (exact) mass is 310 g/mol. The SMILES string of the molecule is COC[CH](C[Si](C)(C)C)[Sn]([CH3])([CH3])[CH3]. The van der Waals surface area contributed by atoms with Crippen LogP contribution in [0.5, 0.6) is 0 Å². The molecule has 1 atom stereocenters. The molecule has 13 heavy (non-hydrogen) atoms. The Balaban J connectivity index is 4.27. The molecule has 0 fully saturated rings. The van der Waals surface area contributed by atoms with E-state index in [9.17, 15) is 0 Å². The number of ether oxygens (including phenoxy) is 1. The van der Waals surface area contributed by atoms with Crippen LogP contribution in [0.25, 0.3) is 0 Å². The molecule has 0 spiro atoms. The van der Waals surface area contributed by atoms with Crippen LogP contribution in [0.1, 0.15) is 0 Å². The van der Waals surface area contributed by atoms with Crippen LogP contribution in [-0.4, -0.2) is 40.2 Å². The molecule has 0 saturated heterocycles. The second kappa shape index (κ2) is 5.17. The van der Waals surface area contributed by atoms with E-state index in [0.29, 0.717) is 0 Å². The average molecular weight is 309 g/mol. The minimum absolute atomic E-state index is 0.895. The molecular formula is C10H26OSiSn. The molecule has 0 aliphatic heterocycles. The number of methoxy groups -OCH3 is 1. The summed E-state index contributed by atoms with van der Waals surface area (Å²) in [4.78, 5) is 7.58. The molecule has 0 rings (SSSR count). The van der Waals surface area contributed by atoms with Crippen LogP contribution >= 0.6 is 0 Å². The van der Waals surface area contributed by atoms with E-state index >= 15 is 0 Å². The van der Waals surface area contributed by atoms with Gasteiger partial charge in [0.2, 0.25) is 0 Å². The molecule has 1 unspecified atom stereocenters. The molecule has 1 nitrogen and oxygen atoms in total. The molecule has 0 saturated carbocycles. The van der Waals surface area contributed by atoms with E-state index in [4.69, 9.17) is 4.74 Å². The second-order valence-corrected chi connectivity index (χ2v) is 27.6. The second-order valence-electron chi connectivity index (χ2n) is 6.28. The summed E-state index contributed by atoms with van der Waals surface area (Å²) in [7, 11) is 0.947. The molecule has 0 heterocycles. The predicted octanol–water partition coefficient (Wildman–Crippen LogP) is 3.68. The van der Waals surface area contributed by atoms with Gasteiger partial charge in [0.1, 0.15) is 0 Å². The van der Waals surface area contributed by atoms with Gasteiger partial charge in [-0.05, 0) is 0 Å². The Bertz CT molecular complexity index is 146. The van der Waals surface area contributed by atoms with Crippen molar-refractivity contribution < 1.29 is 4.74 Å². The van der Waals surface area contributed by atoms with Gasteiger partial charge in [0.15, 0.2) is 0 Å². The van der Waals surface area contributed by atoms with Crippen LogP contribution in [-0.2, 0) is 4.74 Å². The zero-order chi connectivity index (χ0) is 10.7. The number of rotatable bonds is 5. The topological polar surface area (TPSA) is 9.23 Å². The fraction of sp³-hybridized carbons (Fsp3) is 1.00. The van der Waals surface area contributed by atoms with Crippen molar-refractivity contribution in [3.8, 4) is 0 Å². The zero-order valence-electron chi connectivity index (χ0n) is 10.4. The Hall–Kier alpha value is 0.976. The van der Waals surface area contributed by atoms with Gasteiger partial charge < -0.3 is 0 Å². The van der Waals surface area contributed by atoms with Gasteiger partial charge in [0.25, 0.3) is 0 Å². The van der Waals surface area contributed by atoms with Crippen molar-refractivity contribution in [1.82, 2.24) is 0 Å². The fourth-order valence-electron chi connectivity index (χ4n) is 1.56. The Labute approximate surface area is 89.1 Å².